The van der Waals surface area contributed by atoms with Crippen molar-refractivity contribution in [2.24, 2.45) is 0 Å². The van der Waals surface area contributed by atoms with Crippen LogP contribution in [-0.4, -0.2) is 63.3 Å². The minimum atomic E-state index is -0.186. The molecule has 8 heteroatoms. The van der Waals surface area contributed by atoms with Gasteiger partial charge >= 0.3 is 6.03 Å². The van der Waals surface area contributed by atoms with Gasteiger partial charge in [0, 0.05) is 31.4 Å². The van der Waals surface area contributed by atoms with E-state index in [1.807, 2.05) is 42.5 Å². The van der Waals surface area contributed by atoms with E-state index in [0.29, 0.717) is 50.8 Å². The summed E-state index contributed by atoms with van der Waals surface area (Å²) in [6, 6.07) is 13.0. The zero-order valence-electron chi connectivity index (χ0n) is 16.9. The molecule has 0 atom stereocenters. The Morgan fingerprint density at radius 3 is 2.77 bits per heavy atom. The molecule has 0 saturated carbocycles. The molecule has 30 heavy (non-hydrogen) atoms. The van der Waals surface area contributed by atoms with Gasteiger partial charge < -0.3 is 24.4 Å². The average Bonchev–Trinajstić information content (AvgIpc) is 3.13. The van der Waals surface area contributed by atoms with Crippen molar-refractivity contribution >= 4 is 17.6 Å². The van der Waals surface area contributed by atoms with E-state index in [2.05, 4.69) is 5.32 Å². The van der Waals surface area contributed by atoms with Gasteiger partial charge in [0.15, 0.2) is 11.5 Å². The molecule has 1 fully saturated rings. The number of carbonyl (C=O) groups excluding carboxylic acids is 2. The predicted octanol–water partition coefficient (Wildman–Crippen LogP) is 2.07. The Morgan fingerprint density at radius 1 is 1.10 bits per heavy atom. The zero-order valence-corrected chi connectivity index (χ0v) is 16.9. The van der Waals surface area contributed by atoms with Crippen LogP contribution in [0.4, 0.5) is 10.5 Å². The Labute approximate surface area is 175 Å². The minimum absolute atomic E-state index is 0.0397. The van der Waals surface area contributed by atoms with Crippen molar-refractivity contribution in [1.29, 1.82) is 0 Å². The molecule has 2 aromatic carbocycles. The summed E-state index contributed by atoms with van der Waals surface area (Å²) in [5, 5.41) is 2.88. The number of amides is 3. The van der Waals surface area contributed by atoms with Gasteiger partial charge in [-0.3, -0.25) is 9.69 Å². The Kier molecular flexibility index (Phi) is 5.92. The number of hydrogen-bond acceptors (Lipinski definition) is 5. The van der Waals surface area contributed by atoms with E-state index in [4.69, 9.17) is 14.2 Å². The number of methoxy groups -OCH3 is 1. The number of rotatable bonds is 7. The van der Waals surface area contributed by atoms with Crippen LogP contribution in [0.25, 0.3) is 0 Å². The smallest absolute Gasteiger partial charge is 0.325 e. The summed E-state index contributed by atoms with van der Waals surface area (Å²) in [6.45, 7) is 2.58. The number of benzene rings is 2. The Balaban J connectivity index is 1.28. The van der Waals surface area contributed by atoms with Gasteiger partial charge in [0.2, 0.25) is 5.91 Å². The van der Waals surface area contributed by atoms with E-state index in [9.17, 15) is 9.59 Å². The van der Waals surface area contributed by atoms with Gasteiger partial charge in [-0.2, -0.15) is 0 Å². The Hall–Kier alpha value is -3.42. The number of nitrogens with zero attached hydrogens (tertiary/aromatic N) is 2. The van der Waals surface area contributed by atoms with Crippen LogP contribution in [-0.2, 0) is 11.2 Å². The topological polar surface area (TPSA) is 80.3 Å². The fraction of sp³-hybridized carbons (Fsp3) is 0.364. The third-order valence-electron chi connectivity index (χ3n) is 5.14. The predicted molar refractivity (Wildman–Crippen MR) is 111 cm³/mol. The summed E-state index contributed by atoms with van der Waals surface area (Å²) < 4.78 is 16.3. The van der Waals surface area contributed by atoms with Crippen LogP contribution in [0, 0.1) is 0 Å². The standard InChI is InChI=1S/C22H25N3O5/c1-28-18-4-2-3-16(13-18)7-8-23-21(26)15-24-9-10-25(22(24)27)17-5-6-19-20(14-17)30-12-11-29-19/h2-6,13-14H,7-12,15H2,1H3,(H,23,26). The van der Waals surface area contributed by atoms with Gasteiger partial charge in [-0.05, 0) is 36.2 Å². The summed E-state index contributed by atoms with van der Waals surface area (Å²) in [5.74, 6) is 1.94. The van der Waals surface area contributed by atoms with Crippen LogP contribution < -0.4 is 24.4 Å². The second-order valence-electron chi connectivity index (χ2n) is 7.14. The van der Waals surface area contributed by atoms with Gasteiger partial charge in [-0.25, -0.2) is 4.79 Å². The van der Waals surface area contributed by atoms with Gasteiger partial charge in [-0.1, -0.05) is 12.1 Å². The van der Waals surface area contributed by atoms with E-state index in [0.717, 1.165) is 17.0 Å². The van der Waals surface area contributed by atoms with Crippen molar-refractivity contribution in [2.75, 3.05) is 51.4 Å². The van der Waals surface area contributed by atoms with Crippen molar-refractivity contribution in [2.45, 2.75) is 6.42 Å². The van der Waals surface area contributed by atoms with E-state index in [1.54, 1.807) is 16.9 Å². The molecule has 2 aliphatic heterocycles. The number of hydrogen-bond donors (Lipinski definition) is 1. The number of fused-ring (bicyclic) bond motifs is 1. The first-order valence-corrected chi connectivity index (χ1v) is 10.00. The quantitative estimate of drug-likeness (QED) is 0.755. The molecule has 0 bridgehead atoms. The fourth-order valence-corrected chi connectivity index (χ4v) is 3.57. The molecule has 0 aliphatic carbocycles. The molecule has 0 aromatic heterocycles. The molecule has 0 unspecified atom stereocenters. The molecular formula is C22H25N3O5. The van der Waals surface area contributed by atoms with E-state index < -0.39 is 0 Å². The molecule has 2 aromatic rings. The van der Waals surface area contributed by atoms with Crippen LogP contribution in [0.3, 0.4) is 0 Å². The van der Waals surface area contributed by atoms with Gasteiger partial charge in [0.1, 0.15) is 25.5 Å². The molecule has 0 spiro atoms. The van der Waals surface area contributed by atoms with Gasteiger partial charge in [0.05, 0.1) is 7.11 Å². The SMILES string of the molecule is COc1cccc(CCNC(=O)CN2CCN(c3ccc4c(c3)OCCO4)C2=O)c1. The molecule has 1 saturated heterocycles. The molecule has 3 amide bonds. The summed E-state index contributed by atoms with van der Waals surface area (Å²) in [6.07, 6.45) is 0.695. The molecule has 0 radical (unpaired) electrons. The molecule has 2 heterocycles. The summed E-state index contributed by atoms with van der Waals surface area (Å²) in [4.78, 5) is 28.3. The van der Waals surface area contributed by atoms with Crippen molar-refractivity contribution in [3.05, 3.63) is 48.0 Å². The van der Waals surface area contributed by atoms with Crippen LogP contribution in [0.1, 0.15) is 5.56 Å². The lowest BCUT2D eigenvalue weighted by Crippen LogP contribution is -2.40. The van der Waals surface area contributed by atoms with Gasteiger partial charge in [-0.15, -0.1) is 0 Å². The van der Waals surface area contributed by atoms with Gasteiger partial charge in [0.25, 0.3) is 0 Å². The highest BCUT2D eigenvalue weighted by molar-refractivity contribution is 5.96. The first-order chi connectivity index (χ1) is 14.6. The largest absolute Gasteiger partial charge is 0.497 e. The third kappa shape index (κ3) is 4.42. The number of ether oxygens (including phenoxy) is 3. The molecule has 158 valence electrons. The summed E-state index contributed by atoms with van der Waals surface area (Å²) in [7, 11) is 1.63. The van der Waals surface area contributed by atoms with Crippen LogP contribution in [0.15, 0.2) is 42.5 Å². The molecular weight excluding hydrogens is 386 g/mol. The molecule has 2 aliphatic rings. The zero-order chi connectivity index (χ0) is 20.9. The van der Waals surface area contributed by atoms with Crippen LogP contribution >= 0.6 is 0 Å². The maximum atomic E-state index is 12.8. The lowest BCUT2D eigenvalue weighted by atomic mass is 10.1. The van der Waals surface area contributed by atoms with E-state index in [-0.39, 0.29) is 18.5 Å². The molecule has 8 nitrogen and oxygen atoms in total. The maximum Gasteiger partial charge on any atom is 0.325 e. The molecule has 4 rings (SSSR count). The van der Waals surface area contributed by atoms with Crippen molar-refractivity contribution < 1.29 is 23.8 Å². The van der Waals surface area contributed by atoms with Crippen molar-refractivity contribution in [1.82, 2.24) is 10.2 Å². The van der Waals surface area contributed by atoms with E-state index >= 15 is 0 Å². The molecule has 1 N–H and O–H groups in total. The highest BCUT2D eigenvalue weighted by Gasteiger charge is 2.31. The lowest BCUT2D eigenvalue weighted by molar-refractivity contribution is -0.121. The van der Waals surface area contributed by atoms with Crippen molar-refractivity contribution in [3.63, 3.8) is 0 Å². The van der Waals surface area contributed by atoms with Crippen LogP contribution in [0.2, 0.25) is 0 Å². The first kappa shape index (κ1) is 19.9. The maximum absolute atomic E-state index is 12.8. The normalized spacial score (nSPS) is 15.3. The highest BCUT2D eigenvalue weighted by Crippen LogP contribution is 2.34. The van der Waals surface area contributed by atoms with E-state index in [1.165, 1.54) is 0 Å². The second kappa shape index (κ2) is 8.94. The second-order valence-corrected chi connectivity index (χ2v) is 7.14. The third-order valence-corrected chi connectivity index (χ3v) is 5.14. The monoisotopic (exact) mass is 411 g/mol. The average molecular weight is 411 g/mol. The van der Waals surface area contributed by atoms with Crippen molar-refractivity contribution in [3.8, 4) is 17.2 Å². The fourth-order valence-electron chi connectivity index (χ4n) is 3.57. The highest BCUT2D eigenvalue weighted by atomic mass is 16.6. The van der Waals surface area contributed by atoms with Crippen LogP contribution in [0.5, 0.6) is 17.2 Å². The summed E-state index contributed by atoms with van der Waals surface area (Å²) in [5.41, 5.74) is 1.82. The number of nitrogens with one attached hydrogen (secondary N) is 1. The number of urea groups is 1. The first-order valence-electron chi connectivity index (χ1n) is 10.00. The summed E-state index contributed by atoms with van der Waals surface area (Å²) >= 11 is 0. The number of anilines is 1. The lowest BCUT2D eigenvalue weighted by Gasteiger charge is -2.22. The number of carbonyl (C=O) groups is 2. The Bertz CT molecular complexity index is 933. The Morgan fingerprint density at radius 2 is 1.93 bits per heavy atom. The minimum Gasteiger partial charge on any atom is -0.497 e.